The fourth-order valence-electron chi connectivity index (χ4n) is 4.79. The van der Waals surface area contributed by atoms with Crippen LogP contribution < -0.4 is 15.1 Å². The van der Waals surface area contributed by atoms with Gasteiger partial charge in [-0.3, -0.25) is 14.5 Å². The predicted octanol–water partition coefficient (Wildman–Crippen LogP) is 4.74. The van der Waals surface area contributed by atoms with E-state index in [0.29, 0.717) is 35.8 Å². The molecule has 0 aromatic heterocycles. The second kappa shape index (κ2) is 7.99. The number of hydrogen-bond acceptors (Lipinski definition) is 3. The molecule has 2 aromatic rings. The first-order valence-corrected chi connectivity index (χ1v) is 10.8. The van der Waals surface area contributed by atoms with Crippen molar-refractivity contribution in [2.45, 2.75) is 38.6 Å². The molecule has 4 rings (SSSR count). The minimum Gasteiger partial charge on any atom is -0.355 e. The highest BCUT2D eigenvalue weighted by atomic mass is 32.1. The third-order valence-electron chi connectivity index (χ3n) is 6.39. The van der Waals surface area contributed by atoms with E-state index in [1.165, 1.54) is 24.1 Å². The molecule has 2 atom stereocenters. The summed E-state index contributed by atoms with van der Waals surface area (Å²) < 4.78 is 14.8. The first kappa shape index (κ1) is 21.9. The minimum atomic E-state index is -0.899. The molecule has 1 spiro atoms. The van der Waals surface area contributed by atoms with E-state index in [1.807, 2.05) is 6.92 Å². The monoisotopic (exact) mass is 450 g/mol. The lowest BCUT2D eigenvalue weighted by Crippen LogP contribution is -2.48. The van der Waals surface area contributed by atoms with E-state index in [4.69, 9.17) is 18.8 Å². The van der Waals surface area contributed by atoms with Crippen molar-refractivity contribution in [1.29, 1.82) is 0 Å². The number of hydrogen-bond donors (Lipinski definition) is 1. The highest BCUT2D eigenvalue weighted by Gasteiger charge is 2.58. The summed E-state index contributed by atoms with van der Waals surface area (Å²) in [6, 6.07) is 9.50. The molecule has 1 saturated carbocycles. The van der Waals surface area contributed by atoms with Gasteiger partial charge in [0.05, 0.1) is 12.1 Å². The zero-order valence-electron chi connectivity index (χ0n) is 18.1. The van der Waals surface area contributed by atoms with Crippen LogP contribution in [0.2, 0.25) is 0 Å². The van der Waals surface area contributed by atoms with Gasteiger partial charge in [0.1, 0.15) is 11.4 Å². The summed E-state index contributed by atoms with van der Waals surface area (Å²) in [6.07, 6.45) is 2.05. The molecule has 1 aliphatic heterocycles. The van der Waals surface area contributed by atoms with Gasteiger partial charge in [0.25, 0.3) is 11.8 Å². The van der Waals surface area contributed by atoms with Crippen molar-refractivity contribution in [3.05, 3.63) is 64.8 Å². The Labute approximate surface area is 191 Å². The third-order valence-corrected chi connectivity index (χ3v) is 6.76. The molecule has 2 amide bonds. The Morgan fingerprint density at radius 2 is 2.00 bits per heavy atom. The normalized spacial score (nSPS) is 22.5. The van der Waals surface area contributed by atoms with Gasteiger partial charge in [0, 0.05) is 18.4 Å². The average molecular weight is 451 g/mol. The second-order valence-corrected chi connectivity index (χ2v) is 8.83. The number of aryl methyl sites for hydroxylation is 1. The summed E-state index contributed by atoms with van der Waals surface area (Å²) in [6.45, 7) is 11.2. The van der Waals surface area contributed by atoms with Gasteiger partial charge < -0.3 is 10.2 Å². The molecule has 6 nitrogen and oxygen atoms in total. The molecule has 1 heterocycles. The third kappa shape index (κ3) is 3.24. The van der Waals surface area contributed by atoms with E-state index in [0.717, 1.165) is 12.0 Å². The summed E-state index contributed by atoms with van der Waals surface area (Å²) in [7, 11) is 1.44. The van der Waals surface area contributed by atoms with Crippen LogP contribution in [0.25, 0.3) is 4.85 Å². The Kier molecular flexibility index (Phi) is 5.47. The quantitative estimate of drug-likeness (QED) is 0.542. The number of thiocarbonyl (C=S) groups is 1. The van der Waals surface area contributed by atoms with Crippen molar-refractivity contribution in [3.63, 3.8) is 0 Å². The van der Waals surface area contributed by atoms with Gasteiger partial charge >= 0.3 is 0 Å². The van der Waals surface area contributed by atoms with E-state index in [-0.39, 0.29) is 16.6 Å². The van der Waals surface area contributed by atoms with Crippen LogP contribution in [-0.4, -0.2) is 29.5 Å². The Morgan fingerprint density at radius 3 is 2.56 bits per heavy atom. The van der Waals surface area contributed by atoms with Gasteiger partial charge in [-0.2, -0.15) is 0 Å². The molecular weight excluding hydrogens is 427 g/mol. The van der Waals surface area contributed by atoms with Crippen molar-refractivity contribution >= 4 is 46.2 Å². The molecule has 1 unspecified atom stereocenters. The first-order valence-electron chi connectivity index (χ1n) is 10.4. The largest absolute Gasteiger partial charge is 0.355 e. The average Bonchev–Trinajstić information content (AvgIpc) is 3.24. The van der Waals surface area contributed by atoms with E-state index in [9.17, 15) is 14.0 Å². The van der Waals surface area contributed by atoms with Gasteiger partial charge in [-0.05, 0) is 80.2 Å². The molecule has 0 bridgehead atoms. The highest BCUT2D eigenvalue weighted by molar-refractivity contribution is 7.81. The molecule has 2 aliphatic rings. The predicted molar refractivity (Wildman–Crippen MR) is 126 cm³/mol. The SMILES string of the molecule is [C-]#[N+]c1ccc(N2C(=O)C3(CC[C@@H](C)C3)N(c3ccc(C(=O)NC)c(F)c3)C2=S)cc1C. The van der Waals surface area contributed by atoms with Gasteiger partial charge in [-0.1, -0.05) is 13.0 Å². The topological polar surface area (TPSA) is 57.0 Å². The van der Waals surface area contributed by atoms with E-state index in [2.05, 4.69) is 17.1 Å². The van der Waals surface area contributed by atoms with Crippen LogP contribution in [0, 0.1) is 25.2 Å². The molecular formula is C24H23FN4O2S. The van der Waals surface area contributed by atoms with Crippen LogP contribution in [-0.2, 0) is 4.79 Å². The van der Waals surface area contributed by atoms with Gasteiger partial charge in [0.15, 0.2) is 10.8 Å². The molecule has 0 radical (unpaired) electrons. The number of amides is 2. The lowest BCUT2D eigenvalue weighted by molar-refractivity contribution is -0.121. The van der Waals surface area contributed by atoms with Gasteiger partial charge in [0.2, 0.25) is 0 Å². The summed E-state index contributed by atoms with van der Waals surface area (Å²) >= 11 is 5.77. The Balaban J connectivity index is 1.83. The zero-order chi connectivity index (χ0) is 23.2. The van der Waals surface area contributed by atoms with Crippen molar-refractivity contribution in [2.75, 3.05) is 16.8 Å². The van der Waals surface area contributed by atoms with E-state index >= 15 is 0 Å². The second-order valence-electron chi connectivity index (χ2n) is 8.46. The number of anilines is 2. The lowest BCUT2D eigenvalue weighted by atomic mass is 9.93. The van der Waals surface area contributed by atoms with E-state index in [1.54, 1.807) is 29.2 Å². The molecule has 2 aromatic carbocycles. The lowest BCUT2D eigenvalue weighted by Gasteiger charge is -2.33. The summed E-state index contributed by atoms with van der Waals surface area (Å²) in [5.74, 6) is -1.02. The van der Waals surface area contributed by atoms with Crippen LogP contribution in [0.15, 0.2) is 36.4 Å². The molecule has 2 fully saturated rings. The smallest absolute Gasteiger partial charge is 0.259 e. The Hall–Kier alpha value is -3.31. The standard InChI is InChI=1S/C24H23FN4O2S/c1-14-9-10-24(13-14)22(31)28(16-6-8-20(26-3)15(2)11-16)23(32)29(24)17-5-7-18(19(25)12-17)21(30)27-4/h5-8,11-12,14H,9-10,13H2,1-2,4H3,(H,27,30)/t14-,24?/m1/s1. The molecule has 1 N–H and O–H groups in total. The number of carbonyl (C=O) groups excluding carboxylic acids is 2. The number of carbonyl (C=O) groups is 2. The summed E-state index contributed by atoms with van der Waals surface area (Å²) in [5.41, 5.74) is 1.34. The van der Waals surface area contributed by atoms with E-state index < -0.39 is 17.3 Å². The molecule has 164 valence electrons. The number of nitrogens with one attached hydrogen (secondary N) is 1. The zero-order valence-corrected chi connectivity index (χ0v) is 18.9. The molecule has 1 aliphatic carbocycles. The fourth-order valence-corrected chi connectivity index (χ4v) is 5.26. The maximum Gasteiger partial charge on any atom is 0.259 e. The van der Waals surface area contributed by atoms with Crippen LogP contribution in [0.4, 0.5) is 21.5 Å². The number of benzene rings is 2. The highest BCUT2D eigenvalue weighted by Crippen LogP contribution is 2.48. The number of nitrogens with zero attached hydrogens (tertiary/aromatic N) is 3. The van der Waals surface area contributed by atoms with Gasteiger partial charge in [-0.15, -0.1) is 0 Å². The maximum absolute atomic E-state index is 14.8. The molecule has 8 heteroatoms. The number of rotatable bonds is 3. The van der Waals surface area contributed by atoms with Crippen LogP contribution in [0.1, 0.15) is 42.1 Å². The minimum absolute atomic E-state index is 0.0660. The summed E-state index contributed by atoms with van der Waals surface area (Å²) in [4.78, 5) is 32.5. The van der Waals surface area contributed by atoms with Crippen molar-refractivity contribution in [2.24, 2.45) is 5.92 Å². The van der Waals surface area contributed by atoms with Gasteiger partial charge in [-0.25, -0.2) is 9.24 Å². The van der Waals surface area contributed by atoms with Crippen molar-refractivity contribution in [1.82, 2.24) is 5.32 Å². The maximum atomic E-state index is 14.8. The van der Waals surface area contributed by atoms with Crippen molar-refractivity contribution < 1.29 is 14.0 Å². The van der Waals surface area contributed by atoms with Crippen molar-refractivity contribution in [3.8, 4) is 0 Å². The Bertz CT molecular complexity index is 1190. The van der Waals surface area contributed by atoms with Crippen LogP contribution >= 0.6 is 12.2 Å². The van der Waals surface area contributed by atoms with Crippen LogP contribution in [0.5, 0.6) is 0 Å². The molecule has 32 heavy (non-hydrogen) atoms. The Morgan fingerprint density at radius 1 is 1.28 bits per heavy atom. The summed E-state index contributed by atoms with van der Waals surface area (Å²) in [5, 5.41) is 2.69. The van der Waals surface area contributed by atoms with Crippen LogP contribution in [0.3, 0.4) is 0 Å². The first-order chi connectivity index (χ1) is 15.2. The molecule has 1 saturated heterocycles. The number of halogens is 1. The fraction of sp³-hybridized carbons (Fsp3) is 0.333.